The molecule has 376 valence electrons. The quantitative estimate of drug-likeness (QED) is 0.0974. The maximum atomic E-state index is 12.6. The van der Waals surface area contributed by atoms with E-state index in [1.807, 2.05) is 91.8 Å². The number of rotatable bonds is 15. The summed E-state index contributed by atoms with van der Waals surface area (Å²) >= 11 is 0. The van der Waals surface area contributed by atoms with Crippen LogP contribution in [0.3, 0.4) is 0 Å². The van der Waals surface area contributed by atoms with Gasteiger partial charge in [0.2, 0.25) is 0 Å². The van der Waals surface area contributed by atoms with Crippen molar-refractivity contribution in [3.05, 3.63) is 177 Å². The number of nitrogens with zero attached hydrogens (tertiary/aromatic N) is 1. The van der Waals surface area contributed by atoms with Crippen molar-refractivity contribution < 1.29 is 54.4 Å². The van der Waals surface area contributed by atoms with E-state index in [0.29, 0.717) is 43.1 Å². The van der Waals surface area contributed by atoms with Gasteiger partial charge in [-0.3, -0.25) is 0 Å². The Labute approximate surface area is 401 Å². The molecule has 0 spiro atoms. The Bertz CT molecular complexity index is 2060. The normalized spacial score (nSPS) is 11.0. The van der Waals surface area contributed by atoms with E-state index in [-0.39, 0.29) is 49.8 Å². The molecule has 0 heterocycles. The zero-order valence-electron chi connectivity index (χ0n) is 40.6. The standard InChI is InChI=1S/C12H12F6O.C11H13NO.C11H16O.C10H13FO.C10H14O.CH4/c1-7(2)19-6-8-3-9(11(13,14)15)5-10(4-8)12(16,17)18;1-9(2)13-8-11-5-3-10(7-12)4-6-11;1-9(2)12-8-11-6-4-10(3)5-7-11;1-8(2)12-7-9-4-3-5-10(11)6-9;1-9(2)11-8-10-6-4-3-5-7-10;/h3-5,7H,6H2,1-2H3;3-6,9H,8H2,1-2H3;4-7,9H,8H2,1-3H3;3-6,8H,7H2,1-2H3;3-7,9H,8H2,1-2H3;1H4. The van der Waals surface area contributed by atoms with Crippen LogP contribution in [-0.2, 0) is 69.1 Å². The van der Waals surface area contributed by atoms with Gasteiger partial charge in [-0.25, -0.2) is 4.39 Å². The summed E-state index contributed by atoms with van der Waals surface area (Å²) in [6.07, 6.45) is -8.88. The smallest absolute Gasteiger partial charge is 0.374 e. The lowest BCUT2D eigenvalue weighted by atomic mass is 10.1. The molecular weight excluding hydrogens is 888 g/mol. The second kappa shape index (κ2) is 33.4. The predicted octanol–water partition coefficient (Wildman–Crippen LogP) is 16.1. The van der Waals surface area contributed by atoms with Crippen LogP contribution in [0.2, 0.25) is 0 Å². The van der Waals surface area contributed by atoms with E-state index in [0.717, 1.165) is 24.3 Å². The van der Waals surface area contributed by atoms with E-state index in [2.05, 4.69) is 49.4 Å². The first-order chi connectivity index (χ1) is 31.4. The van der Waals surface area contributed by atoms with Gasteiger partial charge in [0.1, 0.15) is 5.82 Å². The SMILES string of the molecule is C.CC(C)OCc1cc(C(F)(F)F)cc(C(F)(F)F)c1.CC(C)OCc1ccc(C#N)cc1.CC(C)OCc1cccc(F)c1.CC(C)OCc1ccccc1.Cc1ccc(COC(C)C)cc1. The highest BCUT2D eigenvalue weighted by Gasteiger charge is 2.36. The summed E-state index contributed by atoms with van der Waals surface area (Å²) in [4.78, 5) is 0. The van der Waals surface area contributed by atoms with Gasteiger partial charge in [-0.15, -0.1) is 0 Å². The van der Waals surface area contributed by atoms with Crippen LogP contribution >= 0.6 is 0 Å². The van der Waals surface area contributed by atoms with Crippen LogP contribution < -0.4 is 0 Å². The average Bonchev–Trinajstić information content (AvgIpc) is 3.27. The van der Waals surface area contributed by atoms with Crippen LogP contribution in [0.1, 0.15) is 127 Å². The van der Waals surface area contributed by atoms with Crippen molar-refractivity contribution in [1.82, 2.24) is 0 Å². The predicted molar refractivity (Wildman–Crippen MR) is 258 cm³/mol. The fourth-order valence-electron chi connectivity index (χ4n) is 4.98. The summed E-state index contributed by atoms with van der Waals surface area (Å²) in [5.41, 5.74) is 3.63. The molecule has 0 aliphatic carbocycles. The third-order valence-corrected chi connectivity index (χ3v) is 8.50. The zero-order chi connectivity index (χ0) is 50.6. The van der Waals surface area contributed by atoms with Crippen molar-refractivity contribution in [1.29, 1.82) is 5.26 Å². The van der Waals surface area contributed by atoms with E-state index < -0.39 is 23.5 Å². The first-order valence-electron chi connectivity index (χ1n) is 22.1. The molecule has 13 heteroatoms. The van der Waals surface area contributed by atoms with Gasteiger partial charge in [0.25, 0.3) is 0 Å². The van der Waals surface area contributed by atoms with Crippen LogP contribution in [0.5, 0.6) is 0 Å². The summed E-state index contributed by atoms with van der Waals surface area (Å²) < 4.78 is 114. The molecule has 5 aromatic carbocycles. The number of hydrogen-bond donors (Lipinski definition) is 0. The number of benzene rings is 5. The Morgan fingerprint density at radius 3 is 1.12 bits per heavy atom. The van der Waals surface area contributed by atoms with Crippen LogP contribution in [0.4, 0.5) is 30.7 Å². The lowest BCUT2D eigenvalue weighted by Gasteiger charge is -2.15. The molecule has 0 bridgehead atoms. The van der Waals surface area contributed by atoms with Crippen molar-refractivity contribution in [3.8, 4) is 6.07 Å². The monoisotopic (exact) mass is 960 g/mol. The van der Waals surface area contributed by atoms with E-state index >= 15 is 0 Å². The third-order valence-electron chi connectivity index (χ3n) is 8.50. The van der Waals surface area contributed by atoms with Crippen LogP contribution in [0.15, 0.2) is 121 Å². The highest BCUT2D eigenvalue weighted by molar-refractivity contribution is 5.33. The van der Waals surface area contributed by atoms with Gasteiger partial charge < -0.3 is 23.7 Å². The van der Waals surface area contributed by atoms with E-state index in [9.17, 15) is 30.7 Å². The molecular formula is C55H72F7NO5. The van der Waals surface area contributed by atoms with Crippen LogP contribution in [-0.4, -0.2) is 30.5 Å². The molecule has 0 N–H and O–H groups in total. The molecule has 68 heavy (non-hydrogen) atoms. The molecule has 0 aliphatic rings. The highest BCUT2D eigenvalue weighted by atomic mass is 19.4. The second-order valence-corrected chi connectivity index (χ2v) is 16.6. The Morgan fingerprint density at radius 1 is 0.426 bits per heavy atom. The van der Waals surface area contributed by atoms with Gasteiger partial charge in [-0.1, -0.05) is 91.9 Å². The number of nitriles is 1. The van der Waals surface area contributed by atoms with Crippen molar-refractivity contribution in [2.45, 2.75) is 159 Å². The molecule has 0 atom stereocenters. The number of aryl methyl sites for hydroxylation is 1. The summed E-state index contributed by atoms with van der Waals surface area (Å²) in [6.45, 7) is 23.7. The lowest BCUT2D eigenvalue weighted by Crippen LogP contribution is -2.12. The molecule has 5 rings (SSSR count). The molecule has 0 amide bonds. The maximum absolute atomic E-state index is 12.6. The number of ether oxygens (including phenoxy) is 5. The van der Waals surface area contributed by atoms with Gasteiger partial charge in [-0.05, 0) is 146 Å². The van der Waals surface area contributed by atoms with E-state index in [4.69, 9.17) is 28.9 Å². The second-order valence-electron chi connectivity index (χ2n) is 16.6. The first-order valence-corrected chi connectivity index (χ1v) is 22.1. The highest BCUT2D eigenvalue weighted by Crippen LogP contribution is 2.36. The topological polar surface area (TPSA) is 69.9 Å². The molecule has 0 saturated heterocycles. The minimum absolute atomic E-state index is 0. The summed E-state index contributed by atoms with van der Waals surface area (Å²) in [5, 5.41) is 8.57. The van der Waals surface area contributed by atoms with Gasteiger partial charge in [0.05, 0.1) is 86.3 Å². The number of halogens is 7. The Hall–Kier alpha value is -5.10. The van der Waals surface area contributed by atoms with Gasteiger partial charge in [0.15, 0.2) is 0 Å². The van der Waals surface area contributed by atoms with Crippen molar-refractivity contribution >= 4 is 0 Å². The molecule has 0 fully saturated rings. The summed E-state index contributed by atoms with van der Waals surface area (Å²) in [5.74, 6) is -0.208. The Morgan fingerprint density at radius 2 is 0.765 bits per heavy atom. The zero-order valence-corrected chi connectivity index (χ0v) is 40.6. The lowest BCUT2D eigenvalue weighted by molar-refractivity contribution is -0.143. The van der Waals surface area contributed by atoms with Crippen LogP contribution in [0, 0.1) is 24.1 Å². The molecule has 5 aromatic rings. The fraction of sp³-hybridized carbons (Fsp3) is 0.436. The molecule has 0 radical (unpaired) electrons. The largest absolute Gasteiger partial charge is 0.416 e. The number of alkyl halides is 6. The van der Waals surface area contributed by atoms with Crippen molar-refractivity contribution in [2.24, 2.45) is 0 Å². The van der Waals surface area contributed by atoms with Crippen LogP contribution in [0.25, 0.3) is 0 Å². The summed E-state index contributed by atoms with van der Waals surface area (Å²) in [6, 6.07) is 36.1. The third kappa shape index (κ3) is 31.0. The Kier molecular flexibility index (Phi) is 30.9. The molecule has 6 nitrogen and oxygen atoms in total. The molecule has 0 aliphatic heterocycles. The maximum Gasteiger partial charge on any atom is 0.416 e. The van der Waals surface area contributed by atoms with Gasteiger partial charge >= 0.3 is 12.4 Å². The minimum atomic E-state index is -4.83. The number of hydrogen-bond acceptors (Lipinski definition) is 6. The van der Waals surface area contributed by atoms with Gasteiger partial charge in [-0.2, -0.15) is 31.6 Å². The van der Waals surface area contributed by atoms with Crippen molar-refractivity contribution in [3.63, 3.8) is 0 Å². The average molecular weight is 960 g/mol. The molecule has 0 unspecified atom stereocenters. The molecule has 0 saturated carbocycles. The minimum Gasteiger partial charge on any atom is -0.374 e. The summed E-state index contributed by atoms with van der Waals surface area (Å²) in [7, 11) is 0. The Balaban J connectivity index is 0.000000835. The van der Waals surface area contributed by atoms with Crippen molar-refractivity contribution in [2.75, 3.05) is 0 Å². The molecule has 0 aromatic heterocycles. The van der Waals surface area contributed by atoms with Gasteiger partial charge in [0, 0.05) is 0 Å². The fourth-order valence-corrected chi connectivity index (χ4v) is 4.98. The first kappa shape index (κ1) is 62.9. The van der Waals surface area contributed by atoms with E-state index in [1.54, 1.807) is 32.0 Å². The van der Waals surface area contributed by atoms with E-state index in [1.165, 1.54) is 28.8 Å².